The minimum absolute atomic E-state index is 0.135. The van der Waals surface area contributed by atoms with E-state index >= 15 is 0 Å². The summed E-state index contributed by atoms with van der Waals surface area (Å²) < 4.78 is 11.3. The van der Waals surface area contributed by atoms with Crippen molar-refractivity contribution in [2.24, 2.45) is 0 Å². The van der Waals surface area contributed by atoms with Gasteiger partial charge in [0.2, 0.25) is 5.91 Å². The van der Waals surface area contributed by atoms with E-state index in [-0.39, 0.29) is 12.5 Å². The van der Waals surface area contributed by atoms with Crippen LogP contribution in [0.3, 0.4) is 0 Å². The maximum absolute atomic E-state index is 13.1. The van der Waals surface area contributed by atoms with E-state index in [2.05, 4.69) is 67.8 Å². The van der Waals surface area contributed by atoms with Gasteiger partial charge in [0.15, 0.2) is 6.29 Å². The summed E-state index contributed by atoms with van der Waals surface area (Å²) in [6.07, 6.45) is 61.6. The predicted octanol–water partition coefficient (Wildman–Crippen LogP) is 15.3. The second kappa shape index (κ2) is 51.6. The molecule has 0 saturated carbocycles. The van der Waals surface area contributed by atoms with Crippen molar-refractivity contribution in [3.63, 3.8) is 0 Å². The van der Waals surface area contributed by atoms with Crippen LogP contribution in [0.2, 0.25) is 0 Å². The highest BCUT2D eigenvalue weighted by atomic mass is 16.7. The molecule has 1 aliphatic heterocycles. The first-order valence-electron chi connectivity index (χ1n) is 30.3. The van der Waals surface area contributed by atoms with Gasteiger partial charge in [0.25, 0.3) is 0 Å². The van der Waals surface area contributed by atoms with E-state index in [4.69, 9.17) is 9.47 Å². The van der Waals surface area contributed by atoms with E-state index in [0.29, 0.717) is 12.8 Å². The minimum atomic E-state index is -1.55. The van der Waals surface area contributed by atoms with Gasteiger partial charge in [0.1, 0.15) is 24.4 Å². The molecule has 0 spiro atoms. The smallest absolute Gasteiger partial charge is 0.220 e. The maximum atomic E-state index is 13.1. The van der Waals surface area contributed by atoms with Gasteiger partial charge >= 0.3 is 0 Å². The highest BCUT2D eigenvalue weighted by Gasteiger charge is 2.44. The van der Waals surface area contributed by atoms with Crippen molar-refractivity contribution in [2.45, 2.75) is 326 Å². The van der Waals surface area contributed by atoms with E-state index in [1.807, 2.05) is 0 Å². The minimum Gasteiger partial charge on any atom is -0.394 e. The predicted molar refractivity (Wildman–Crippen MR) is 299 cm³/mol. The molecule has 6 N–H and O–H groups in total. The number of aliphatic hydroxyl groups is 5. The number of ether oxygens (including phenoxy) is 2. The Balaban J connectivity index is 2.06. The Morgan fingerprint density at radius 3 is 1.30 bits per heavy atom. The molecule has 0 aromatic heterocycles. The third kappa shape index (κ3) is 41.1. The lowest BCUT2D eigenvalue weighted by Gasteiger charge is -2.40. The van der Waals surface area contributed by atoms with Crippen LogP contribution in [0.15, 0.2) is 48.6 Å². The van der Waals surface area contributed by atoms with Crippen molar-refractivity contribution >= 4 is 5.91 Å². The highest BCUT2D eigenvalue weighted by molar-refractivity contribution is 5.76. The van der Waals surface area contributed by atoms with Crippen LogP contribution < -0.4 is 5.32 Å². The molecule has 0 aliphatic carbocycles. The first-order chi connectivity index (χ1) is 34.8. The lowest BCUT2D eigenvalue weighted by molar-refractivity contribution is -0.302. The van der Waals surface area contributed by atoms with Crippen molar-refractivity contribution in [1.29, 1.82) is 0 Å². The summed E-state index contributed by atoms with van der Waals surface area (Å²) in [7, 11) is 0. The molecule has 1 rings (SSSR count). The molecule has 416 valence electrons. The van der Waals surface area contributed by atoms with Crippen LogP contribution in [-0.2, 0) is 14.3 Å². The summed E-state index contributed by atoms with van der Waals surface area (Å²) in [5.74, 6) is -0.141. The lowest BCUT2D eigenvalue weighted by Crippen LogP contribution is -2.60. The van der Waals surface area contributed by atoms with Crippen LogP contribution in [0.1, 0.15) is 284 Å². The topological polar surface area (TPSA) is 149 Å². The number of unbranched alkanes of at least 4 members (excludes halogenated alkanes) is 34. The van der Waals surface area contributed by atoms with Gasteiger partial charge in [0.05, 0.1) is 25.4 Å². The molecule has 1 saturated heterocycles. The number of aliphatic hydroxyl groups excluding tert-OH is 5. The zero-order valence-corrected chi connectivity index (χ0v) is 46.2. The standard InChI is InChI=1S/C62H115NO8/c1-3-5-7-9-11-13-15-17-18-19-20-21-22-23-24-25-26-27-28-29-30-31-32-33-34-35-36-37-38-40-42-44-46-48-50-52-58(66)63-55(54-70-62-61(69)60(68)59(67)57(53-64)71-62)56(65)51-49-47-45-43-41-39-16-14-12-10-8-6-4-2/h5,7,11,13,17-18,20-21,55-57,59-62,64-65,67-69H,3-4,6,8-10,12,14-16,19,22-54H2,1-2H3,(H,63,66)/b7-5-,13-11-,18-17-,21-20-. The van der Waals surface area contributed by atoms with Gasteiger partial charge in [-0.3, -0.25) is 4.79 Å². The van der Waals surface area contributed by atoms with E-state index in [0.717, 1.165) is 64.2 Å². The largest absolute Gasteiger partial charge is 0.394 e. The zero-order valence-electron chi connectivity index (χ0n) is 46.2. The average molecular weight is 1000 g/mol. The molecule has 0 radical (unpaired) electrons. The SMILES string of the molecule is CC/C=C\C/C=C\C/C=C\C/C=C\CCCCCCCCCCCCCCCCCCCCCCCCC(=O)NC(COC1OC(CO)C(O)C(O)C1O)C(O)CCCCCCCCCCCCCCC. The number of carbonyl (C=O) groups is 1. The van der Waals surface area contributed by atoms with Crippen LogP contribution in [0.25, 0.3) is 0 Å². The molecule has 7 unspecified atom stereocenters. The van der Waals surface area contributed by atoms with Crippen molar-refractivity contribution in [1.82, 2.24) is 5.32 Å². The average Bonchev–Trinajstić information content (AvgIpc) is 3.37. The van der Waals surface area contributed by atoms with E-state index in [1.54, 1.807) is 0 Å². The Kier molecular flexibility index (Phi) is 48.8. The summed E-state index contributed by atoms with van der Waals surface area (Å²) in [6, 6.07) is -0.717. The van der Waals surface area contributed by atoms with Gasteiger partial charge in [0, 0.05) is 6.42 Å². The Labute approximate surface area is 437 Å². The first kappa shape index (κ1) is 67.2. The third-order valence-corrected chi connectivity index (χ3v) is 14.4. The molecule has 1 amide bonds. The fraction of sp³-hybridized carbons (Fsp3) is 0.855. The fourth-order valence-electron chi connectivity index (χ4n) is 9.68. The molecule has 0 aromatic carbocycles. The summed E-state index contributed by atoms with van der Waals surface area (Å²) in [4.78, 5) is 13.1. The van der Waals surface area contributed by atoms with Gasteiger partial charge in [-0.05, 0) is 51.4 Å². The van der Waals surface area contributed by atoms with Crippen molar-refractivity contribution in [3.05, 3.63) is 48.6 Å². The second-order valence-electron chi connectivity index (χ2n) is 21.1. The quantitative estimate of drug-likeness (QED) is 0.0261. The highest BCUT2D eigenvalue weighted by Crippen LogP contribution is 2.23. The Bertz CT molecular complexity index is 1250. The fourth-order valence-corrected chi connectivity index (χ4v) is 9.68. The van der Waals surface area contributed by atoms with Gasteiger partial charge in [-0.15, -0.1) is 0 Å². The molecular weight excluding hydrogens is 887 g/mol. The molecule has 9 heteroatoms. The Morgan fingerprint density at radius 2 is 0.873 bits per heavy atom. The van der Waals surface area contributed by atoms with Crippen molar-refractivity contribution < 1.29 is 39.8 Å². The second-order valence-corrected chi connectivity index (χ2v) is 21.1. The molecule has 0 aromatic rings. The Morgan fingerprint density at radius 1 is 0.493 bits per heavy atom. The summed E-state index contributed by atoms with van der Waals surface area (Å²) in [6.45, 7) is 3.74. The monoisotopic (exact) mass is 1000 g/mol. The summed E-state index contributed by atoms with van der Waals surface area (Å²) in [5, 5.41) is 54.6. The van der Waals surface area contributed by atoms with Crippen LogP contribution in [0.4, 0.5) is 0 Å². The number of carbonyl (C=O) groups excluding carboxylic acids is 1. The summed E-state index contributed by atoms with van der Waals surface area (Å²) in [5.41, 5.74) is 0. The molecule has 1 aliphatic rings. The molecule has 1 fully saturated rings. The third-order valence-electron chi connectivity index (χ3n) is 14.4. The van der Waals surface area contributed by atoms with E-state index in [9.17, 15) is 30.3 Å². The van der Waals surface area contributed by atoms with Gasteiger partial charge in [-0.25, -0.2) is 0 Å². The van der Waals surface area contributed by atoms with Crippen LogP contribution in [0, 0.1) is 0 Å². The number of allylic oxidation sites excluding steroid dienone is 8. The molecule has 71 heavy (non-hydrogen) atoms. The molecule has 0 bridgehead atoms. The first-order valence-corrected chi connectivity index (χ1v) is 30.3. The van der Waals surface area contributed by atoms with Gasteiger partial charge in [-0.1, -0.05) is 274 Å². The lowest BCUT2D eigenvalue weighted by atomic mass is 9.99. The Hall–Kier alpha value is -1.85. The molecule has 1 heterocycles. The zero-order chi connectivity index (χ0) is 51.5. The number of amides is 1. The van der Waals surface area contributed by atoms with Crippen LogP contribution in [0.5, 0.6) is 0 Å². The number of hydrogen-bond donors (Lipinski definition) is 6. The van der Waals surface area contributed by atoms with Crippen LogP contribution >= 0.6 is 0 Å². The van der Waals surface area contributed by atoms with Crippen molar-refractivity contribution in [3.8, 4) is 0 Å². The van der Waals surface area contributed by atoms with Crippen LogP contribution in [-0.4, -0.2) is 87.5 Å². The molecule has 9 nitrogen and oxygen atoms in total. The van der Waals surface area contributed by atoms with E-state index < -0.39 is 49.5 Å². The van der Waals surface area contributed by atoms with Gasteiger partial charge in [-0.2, -0.15) is 0 Å². The number of hydrogen-bond acceptors (Lipinski definition) is 8. The maximum Gasteiger partial charge on any atom is 0.220 e. The van der Waals surface area contributed by atoms with Gasteiger partial charge < -0.3 is 40.3 Å². The summed E-state index contributed by atoms with van der Waals surface area (Å²) >= 11 is 0. The molecule has 7 atom stereocenters. The normalized spacial score (nSPS) is 19.6. The molecular formula is C62H115NO8. The van der Waals surface area contributed by atoms with E-state index in [1.165, 1.54) is 193 Å². The number of nitrogens with one attached hydrogen (secondary N) is 1. The number of rotatable bonds is 52. The van der Waals surface area contributed by atoms with Crippen molar-refractivity contribution in [2.75, 3.05) is 13.2 Å².